The summed E-state index contributed by atoms with van der Waals surface area (Å²) in [5, 5.41) is 18.3. The molecule has 0 unspecified atom stereocenters. The Hall–Kier alpha value is -4.56. The number of amides is 3. The highest BCUT2D eigenvalue weighted by Crippen LogP contribution is 2.32. The highest BCUT2D eigenvalue weighted by Gasteiger charge is 2.43. The van der Waals surface area contributed by atoms with Gasteiger partial charge in [-0.2, -0.15) is 0 Å². The Morgan fingerprint density at radius 3 is 2.31 bits per heavy atom. The molecule has 45 heavy (non-hydrogen) atoms. The average Bonchev–Trinajstić information content (AvgIpc) is 3.33. The first-order valence-corrected chi connectivity index (χ1v) is 14.5. The lowest BCUT2D eigenvalue weighted by atomic mass is 9.89. The van der Waals surface area contributed by atoms with Crippen LogP contribution in [-0.4, -0.2) is 99.2 Å². The third kappa shape index (κ3) is 7.57. The third-order valence-corrected chi connectivity index (χ3v) is 7.99. The molecule has 0 bridgehead atoms. The number of guanidine groups is 1. The molecule has 2 aromatic rings. The van der Waals surface area contributed by atoms with Gasteiger partial charge in [0, 0.05) is 32.7 Å². The van der Waals surface area contributed by atoms with Crippen molar-refractivity contribution in [2.24, 2.45) is 49.0 Å². The van der Waals surface area contributed by atoms with E-state index in [1.165, 1.54) is 15.6 Å². The molecule has 1 spiro atoms. The SMILES string of the molecule is NN=Nc1nc(N=NN)c(C(=O)NC2=NC3(CCN(C(=O)N(N)Cc4ccc(CN5CCOCC5)cc4)CC3)CN2N)nc1Cl. The van der Waals surface area contributed by atoms with E-state index in [1.807, 2.05) is 12.1 Å². The number of nitrogens with zero attached hydrogens (tertiary/aromatic N) is 11. The van der Waals surface area contributed by atoms with Crippen molar-refractivity contribution in [2.45, 2.75) is 31.5 Å². The van der Waals surface area contributed by atoms with Crippen LogP contribution in [-0.2, 0) is 17.8 Å². The standard InChI is InChI=1S/C25H35ClN16O3/c26-19-21(36-38-28)32-20(35-37-27)18(31-19)22(43)33-23-34-25(15-42(23)30)5-7-40(8-6-25)24(44)41(29)14-17-3-1-16(2-4-17)13-39-9-11-45-12-10-39/h1-4H,5-15,29-30H2,(H,33,34,43)(H4,27,28,32,35,36). The summed E-state index contributed by atoms with van der Waals surface area (Å²) in [7, 11) is 0. The number of carbonyl (C=O) groups is 2. The summed E-state index contributed by atoms with van der Waals surface area (Å²) in [6.07, 6.45) is 1.01. The Morgan fingerprint density at radius 1 is 1.00 bits per heavy atom. The summed E-state index contributed by atoms with van der Waals surface area (Å²) >= 11 is 6.05. The average molecular weight is 643 g/mol. The Balaban J connectivity index is 1.16. The van der Waals surface area contributed by atoms with E-state index < -0.39 is 11.4 Å². The minimum atomic E-state index is -0.755. The van der Waals surface area contributed by atoms with Crippen LogP contribution < -0.4 is 28.7 Å². The highest BCUT2D eigenvalue weighted by molar-refractivity contribution is 6.31. The molecule has 20 heteroatoms. The fourth-order valence-electron chi connectivity index (χ4n) is 5.37. The van der Waals surface area contributed by atoms with Gasteiger partial charge in [-0.3, -0.25) is 25.0 Å². The lowest BCUT2D eigenvalue weighted by molar-refractivity contribution is 0.0342. The van der Waals surface area contributed by atoms with Gasteiger partial charge in [0.1, 0.15) is 0 Å². The molecular formula is C25H35ClN16O3. The summed E-state index contributed by atoms with van der Waals surface area (Å²) in [6.45, 7) is 5.62. The first kappa shape index (κ1) is 31.9. The molecular weight excluding hydrogens is 608 g/mol. The maximum absolute atomic E-state index is 13.2. The van der Waals surface area contributed by atoms with Crippen LogP contribution in [0.25, 0.3) is 0 Å². The molecule has 3 amide bonds. The van der Waals surface area contributed by atoms with Gasteiger partial charge in [-0.15, -0.1) is 10.2 Å². The zero-order valence-electron chi connectivity index (χ0n) is 24.4. The van der Waals surface area contributed by atoms with Crippen molar-refractivity contribution in [1.82, 2.24) is 35.1 Å². The molecule has 5 rings (SSSR count). The number of likely N-dealkylation sites (tertiary alicyclic amines) is 1. The van der Waals surface area contributed by atoms with E-state index in [2.05, 4.69) is 53.0 Å². The number of hydrazine groups is 2. The molecule has 0 aliphatic carbocycles. The van der Waals surface area contributed by atoms with Crippen molar-refractivity contribution in [1.29, 1.82) is 0 Å². The number of nitrogens with two attached hydrogens (primary N) is 4. The molecule has 2 saturated heterocycles. The number of halogens is 1. The molecule has 0 radical (unpaired) electrons. The fraction of sp³-hybridized carbons (Fsp3) is 0.480. The van der Waals surface area contributed by atoms with Crippen molar-refractivity contribution >= 4 is 41.1 Å². The highest BCUT2D eigenvalue weighted by atomic mass is 35.5. The van der Waals surface area contributed by atoms with E-state index in [0.29, 0.717) is 32.5 Å². The minimum Gasteiger partial charge on any atom is -0.379 e. The molecule has 9 N–H and O–H groups in total. The molecule has 3 aliphatic rings. The second kappa shape index (κ2) is 14.0. The van der Waals surface area contributed by atoms with Gasteiger partial charge in [0.15, 0.2) is 10.8 Å². The number of rotatable bonds is 7. The number of morpholine rings is 1. The molecule has 19 nitrogen and oxygen atoms in total. The summed E-state index contributed by atoms with van der Waals surface area (Å²) < 4.78 is 5.41. The molecule has 4 heterocycles. The zero-order valence-corrected chi connectivity index (χ0v) is 25.2. The number of benzene rings is 1. The first-order chi connectivity index (χ1) is 21.7. The zero-order chi connectivity index (χ0) is 32.0. The molecule has 0 saturated carbocycles. The molecule has 1 aromatic heterocycles. The lowest BCUT2D eigenvalue weighted by Gasteiger charge is -2.38. The number of carbonyl (C=O) groups excluding carboxylic acids is 2. The van der Waals surface area contributed by atoms with Gasteiger partial charge in [-0.05, 0) is 24.0 Å². The van der Waals surface area contributed by atoms with Gasteiger partial charge in [0.05, 0.1) is 31.8 Å². The van der Waals surface area contributed by atoms with Crippen molar-refractivity contribution in [3.8, 4) is 0 Å². The monoisotopic (exact) mass is 642 g/mol. The number of hydrogen-bond donors (Lipinski definition) is 5. The topological polar surface area (TPSA) is 260 Å². The Labute approximate surface area is 263 Å². The number of nitrogens with one attached hydrogen (secondary N) is 1. The normalized spacial score (nSPS) is 18.6. The largest absolute Gasteiger partial charge is 0.379 e. The van der Waals surface area contributed by atoms with E-state index in [-0.39, 0.29) is 41.0 Å². The molecule has 1 aromatic carbocycles. The number of aromatic nitrogens is 2. The lowest BCUT2D eigenvalue weighted by Crippen LogP contribution is -2.53. The van der Waals surface area contributed by atoms with Gasteiger partial charge in [0.25, 0.3) is 5.91 Å². The molecule has 2 fully saturated rings. The van der Waals surface area contributed by atoms with Gasteiger partial charge in [-0.25, -0.2) is 31.4 Å². The smallest absolute Gasteiger partial charge is 0.334 e. The second-order valence-electron chi connectivity index (χ2n) is 10.8. The first-order valence-electron chi connectivity index (χ1n) is 14.1. The van der Waals surface area contributed by atoms with Crippen LogP contribution in [0.15, 0.2) is 49.9 Å². The van der Waals surface area contributed by atoms with Crippen molar-refractivity contribution in [3.05, 3.63) is 46.2 Å². The predicted molar refractivity (Wildman–Crippen MR) is 161 cm³/mol. The van der Waals surface area contributed by atoms with Gasteiger partial charge in [0.2, 0.25) is 17.6 Å². The van der Waals surface area contributed by atoms with Crippen molar-refractivity contribution in [3.63, 3.8) is 0 Å². The Bertz CT molecular complexity index is 1470. The van der Waals surface area contributed by atoms with Crippen molar-refractivity contribution < 1.29 is 14.3 Å². The number of urea groups is 1. The van der Waals surface area contributed by atoms with E-state index in [4.69, 9.17) is 44.7 Å². The van der Waals surface area contributed by atoms with E-state index in [9.17, 15) is 9.59 Å². The maximum atomic E-state index is 13.2. The van der Waals surface area contributed by atoms with Crippen LogP contribution in [0.3, 0.4) is 0 Å². The molecule has 0 atom stereocenters. The minimum absolute atomic E-state index is 0.108. The molecule has 240 valence electrons. The second-order valence-corrected chi connectivity index (χ2v) is 11.1. The van der Waals surface area contributed by atoms with E-state index in [1.54, 1.807) is 4.90 Å². The van der Waals surface area contributed by atoms with E-state index >= 15 is 0 Å². The third-order valence-electron chi connectivity index (χ3n) is 7.74. The maximum Gasteiger partial charge on any atom is 0.334 e. The van der Waals surface area contributed by atoms with Crippen LogP contribution in [0.2, 0.25) is 5.15 Å². The van der Waals surface area contributed by atoms with Gasteiger partial charge in [-0.1, -0.05) is 46.3 Å². The van der Waals surface area contributed by atoms with E-state index in [0.717, 1.165) is 38.4 Å². The number of ether oxygens (including phenoxy) is 1. The van der Waals surface area contributed by atoms with Crippen molar-refractivity contribution in [2.75, 3.05) is 45.9 Å². The van der Waals surface area contributed by atoms with Crippen LogP contribution >= 0.6 is 11.6 Å². The number of hydrogen-bond acceptors (Lipinski definition) is 14. The van der Waals surface area contributed by atoms with Crippen LogP contribution in [0.1, 0.15) is 34.5 Å². The van der Waals surface area contributed by atoms with Crippen LogP contribution in [0.5, 0.6) is 0 Å². The quantitative estimate of drug-likeness (QED) is 0.120. The van der Waals surface area contributed by atoms with Gasteiger partial charge >= 0.3 is 6.03 Å². The summed E-state index contributed by atoms with van der Waals surface area (Å²) in [5.41, 5.74) is 1.23. The summed E-state index contributed by atoms with van der Waals surface area (Å²) in [5.74, 6) is 21.5. The number of piperidine rings is 1. The molecule has 3 aliphatic heterocycles. The fourth-order valence-corrected chi connectivity index (χ4v) is 5.53. The summed E-state index contributed by atoms with van der Waals surface area (Å²) in [4.78, 5) is 42.9. The Morgan fingerprint density at radius 2 is 1.64 bits per heavy atom. The predicted octanol–water partition coefficient (Wildman–Crippen LogP) is 0.483. The van der Waals surface area contributed by atoms with Gasteiger partial charge < -0.3 is 21.3 Å². The summed E-state index contributed by atoms with van der Waals surface area (Å²) in [6, 6.07) is 7.83. The van der Waals surface area contributed by atoms with Crippen LogP contribution in [0, 0.1) is 0 Å². The number of aliphatic imine (C=N–C) groups is 1. The van der Waals surface area contributed by atoms with Crippen LogP contribution in [0.4, 0.5) is 16.4 Å². The Kier molecular flexibility index (Phi) is 9.93.